The number of aliphatic hydroxyl groups excluding tert-OH is 5. The summed E-state index contributed by atoms with van der Waals surface area (Å²) in [4.78, 5) is 26.4. The molecule has 6 N–H and O–H groups in total. The van der Waals surface area contributed by atoms with Crippen LogP contribution in [0, 0.1) is 0 Å². The van der Waals surface area contributed by atoms with Crippen molar-refractivity contribution in [3.8, 4) is 0 Å². The normalized spacial score (nSPS) is 20.4. The fourth-order valence-electron chi connectivity index (χ4n) is 8.29. The van der Waals surface area contributed by atoms with E-state index in [2.05, 4.69) is 50.4 Å². The maximum absolute atomic E-state index is 13.3. The SMILES string of the molecule is CC/C=C/C=C/C=C\CCCCCCC(O)C(=O)NC(COC1OC(CO)C(O)C(O)C1OC(=O)CCCCCCCCC/C=C\CCCCCC)C(O)/C=C/CCCCCCCCCCCC. The van der Waals surface area contributed by atoms with Crippen LogP contribution in [0.4, 0.5) is 0 Å². The second kappa shape index (κ2) is 45.5. The molecule has 0 aromatic heterocycles. The van der Waals surface area contributed by atoms with Gasteiger partial charge in [-0.15, -0.1) is 0 Å². The summed E-state index contributed by atoms with van der Waals surface area (Å²) in [6.45, 7) is 5.60. The Labute approximate surface area is 414 Å². The Balaban J connectivity index is 2.77. The molecule has 1 aliphatic rings. The maximum Gasteiger partial charge on any atom is 0.306 e. The number of carbonyl (C=O) groups excluding carboxylic acids is 2. The smallest absolute Gasteiger partial charge is 0.306 e. The molecule has 1 heterocycles. The highest BCUT2D eigenvalue weighted by Gasteiger charge is 2.47. The Hall–Kier alpha value is -2.64. The van der Waals surface area contributed by atoms with Crippen LogP contribution in [-0.2, 0) is 23.8 Å². The van der Waals surface area contributed by atoms with Crippen LogP contribution in [0.15, 0.2) is 60.8 Å². The number of amides is 1. The third-order valence-electron chi connectivity index (χ3n) is 12.7. The third kappa shape index (κ3) is 33.8. The summed E-state index contributed by atoms with van der Waals surface area (Å²) in [6, 6.07) is -1.03. The van der Waals surface area contributed by atoms with Crippen molar-refractivity contribution >= 4 is 11.9 Å². The van der Waals surface area contributed by atoms with Crippen LogP contribution >= 0.6 is 0 Å². The van der Waals surface area contributed by atoms with Gasteiger partial charge >= 0.3 is 5.97 Å². The number of hydrogen-bond donors (Lipinski definition) is 6. The van der Waals surface area contributed by atoms with Crippen LogP contribution in [0.2, 0.25) is 0 Å². The van der Waals surface area contributed by atoms with Crippen molar-refractivity contribution in [2.75, 3.05) is 13.2 Å². The van der Waals surface area contributed by atoms with Crippen molar-refractivity contribution < 1.29 is 49.3 Å². The van der Waals surface area contributed by atoms with Gasteiger partial charge in [-0.25, -0.2) is 0 Å². The van der Waals surface area contributed by atoms with Gasteiger partial charge in [0.05, 0.1) is 25.4 Å². The molecule has 0 aliphatic carbocycles. The lowest BCUT2D eigenvalue weighted by Crippen LogP contribution is -2.61. The monoisotopic (exact) mass is 960 g/mol. The first-order valence-electron chi connectivity index (χ1n) is 27.6. The van der Waals surface area contributed by atoms with Gasteiger partial charge in [-0.2, -0.15) is 0 Å². The summed E-state index contributed by atoms with van der Waals surface area (Å²) in [6.07, 6.45) is 44.1. The first-order valence-corrected chi connectivity index (χ1v) is 27.6. The van der Waals surface area contributed by atoms with Gasteiger partial charge < -0.3 is 45.1 Å². The Morgan fingerprint density at radius 3 is 1.63 bits per heavy atom. The number of ether oxygens (including phenoxy) is 3. The van der Waals surface area contributed by atoms with Gasteiger partial charge in [0.15, 0.2) is 12.4 Å². The molecule has 8 unspecified atom stereocenters. The lowest BCUT2D eigenvalue weighted by Gasteiger charge is -2.41. The summed E-state index contributed by atoms with van der Waals surface area (Å²) < 4.78 is 17.5. The van der Waals surface area contributed by atoms with Crippen LogP contribution in [0.5, 0.6) is 0 Å². The molecular weight excluding hydrogens is 859 g/mol. The zero-order valence-electron chi connectivity index (χ0n) is 43.2. The molecule has 0 bridgehead atoms. The van der Waals surface area contributed by atoms with Crippen molar-refractivity contribution in [2.45, 2.75) is 275 Å². The van der Waals surface area contributed by atoms with E-state index in [1.807, 2.05) is 30.4 Å². The van der Waals surface area contributed by atoms with Crippen LogP contribution < -0.4 is 5.32 Å². The minimum Gasteiger partial charge on any atom is -0.454 e. The Bertz CT molecular complexity index is 1330. The highest BCUT2D eigenvalue weighted by molar-refractivity contribution is 5.80. The molecule has 0 aromatic rings. The maximum atomic E-state index is 13.3. The highest BCUT2D eigenvalue weighted by Crippen LogP contribution is 2.26. The topological polar surface area (TPSA) is 175 Å². The number of hydrogen-bond acceptors (Lipinski definition) is 10. The number of unbranched alkanes of at least 4 members (excludes halogenated alkanes) is 25. The fraction of sp³-hybridized carbons (Fsp3) is 0.789. The van der Waals surface area contributed by atoms with Gasteiger partial charge in [0.1, 0.15) is 24.4 Å². The fourth-order valence-corrected chi connectivity index (χ4v) is 8.29. The van der Waals surface area contributed by atoms with Gasteiger partial charge in [-0.1, -0.05) is 210 Å². The quantitative estimate of drug-likeness (QED) is 0.0149. The van der Waals surface area contributed by atoms with Crippen LogP contribution in [0.1, 0.15) is 226 Å². The van der Waals surface area contributed by atoms with Gasteiger partial charge in [0.2, 0.25) is 5.91 Å². The largest absolute Gasteiger partial charge is 0.454 e. The van der Waals surface area contributed by atoms with Gasteiger partial charge in [-0.05, 0) is 70.6 Å². The Morgan fingerprint density at radius 1 is 0.588 bits per heavy atom. The summed E-state index contributed by atoms with van der Waals surface area (Å²) in [7, 11) is 0. The van der Waals surface area contributed by atoms with E-state index in [4.69, 9.17) is 14.2 Å². The van der Waals surface area contributed by atoms with E-state index < -0.39 is 67.4 Å². The Kier molecular flexibility index (Phi) is 42.4. The average Bonchev–Trinajstić information content (AvgIpc) is 3.33. The molecular formula is C57H101NO10. The molecule has 0 aromatic carbocycles. The molecule has 11 heteroatoms. The molecule has 0 saturated carbocycles. The zero-order valence-corrected chi connectivity index (χ0v) is 43.2. The molecule has 394 valence electrons. The molecule has 68 heavy (non-hydrogen) atoms. The van der Waals surface area contributed by atoms with Crippen molar-refractivity contribution in [1.29, 1.82) is 0 Å². The molecule has 1 aliphatic heterocycles. The number of esters is 1. The molecule has 0 radical (unpaired) electrons. The second-order valence-electron chi connectivity index (χ2n) is 19.0. The molecule has 8 atom stereocenters. The predicted octanol–water partition coefficient (Wildman–Crippen LogP) is 11.9. The zero-order chi connectivity index (χ0) is 49.7. The third-order valence-corrected chi connectivity index (χ3v) is 12.7. The van der Waals surface area contributed by atoms with E-state index in [9.17, 15) is 35.1 Å². The lowest BCUT2D eigenvalue weighted by atomic mass is 9.99. The molecule has 1 rings (SSSR count). The number of allylic oxidation sites excluding steroid dienone is 9. The first kappa shape index (κ1) is 63.4. The molecule has 1 amide bonds. The van der Waals surface area contributed by atoms with Gasteiger partial charge in [0.25, 0.3) is 0 Å². The summed E-state index contributed by atoms with van der Waals surface area (Å²) in [5.74, 6) is -1.22. The molecule has 1 fully saturated rings. The van der Waals surface area contributed by atoms with Crippen molar-refractivity contribution in [3.05, 3.63) is 60.8 Å². The van der Waals surface area contributed by atoms with Crippen molar-refractivity contribution in [1.82, 2.24) is 5.32 Å². The molecule has 1 saturated heterocycles. The summed E-state index contributed by atoms with van der Waals surface area (Å²) in [5.41, 5.74) is 0. The minimum absolute atomic E-state index is 0.115. The Morgan fingerprint density at radius 2 is 1.07 bits per heavy atom. The van der Waals surface area contributed by atoms with Crippen molar-refractivity contribution in [2.24, 2.45) is 0 Å². The van der Waals surface area contributed by atoms with E-state index in [0.717, 1.165) is 83.5 Å². The van der Waals surface area contributed by atoms with Crippen LogP contribution in [0.3, 0.4) is 0 Å². The number of aliphatic hydroxyl groups is 5. The van der Waals surface area contributed by atoms with Gasteiger partial charge in [0, 0.05) is 6.42 Å². The van der Waals surface area contributed by atoms with E-state index in [1.54, 1.807) is 6.08 Å². The molecule has 0 spiro atoms. The average molecular weight is 960 g/mol. The minimum atomic E-state index is -1.62. The number of carbonyl (C=O) groups is 2. The summed E-state index contributed by atoms with van der Waals surface area (Å²) >= 11 is 0. The highest BCUT2D eigenvalue weighted by atomic mass is 16.7. The van der Waals surface area contributed by atoms with Gasteiger partial charge in [-0.3, -0.25) is 9.59 Å². The second-order valence-corrected chi connectivity index (χ2v) is 19.0. The van der Waals surface area contributed by atoms with E-state index >= 15 is 0 Å². The van der Waals surface area contributed by atoms with Crippen LogP contribution in [0.25, 0.3) is 0 Å². The van der Waals surface area contributed by atoms with Crippen LogP contribution in [-0.4, -0.2) is 99.6 Å². The standard InChI is InChI=1S/C57H101NO10/c1-4-7-10-13-16-19-22-25-26-27-30-33-36-39-42-45-52(62)68-55-54(64)53(63)51(46-59)67-57(55)66-47-48(49(60)43-40-37-34-31-28-23-20-17-14-11-8-5-2)58-56(65)50(61)44-41-38-35-32-29-24-21-18-15-12-9-6-3/h9,12,15,18-19,21-22,24,40,43,48-51,53-55,57,59-61,63-64H,4-8,10-11,13-14,16-17,20,23,25-39,41-42,44-47H2,1-3H3,(H,58,65)/b12-9+,18-15+,22-19-,24-21-,43-40+. The van der Waals surface area contributed by atoms with E-state index in [0.29, 0.717) is 12.8 Å². The lowest BCUT2D eigenvalue weighted by molar-refractivity contribution is -0.305. The van der Waals surface area contributed by atoms with E-state index in [1.165, 1.54) is 96.3 Å². The number of rotatable bonds is 45. The van der Waals surface area contributed by atoms with Crippen molar-refractivity contribution in [3.63, 3.8) is 0 Å². The molecule has 11 nitrogen and oxygen atoms in total. The summed E-state index contributed by atoms with van der Waals surface area (Å²) in [5, 5.41) is 56.7. The van der Waals surface area contributed by atoms with E-state index in [-0.39, 0.29) is 19.4 Å². The first-order chi connectivity index (χ1) is 33.2. The number of nitrogens with one attached hydrogen (secondary N) is 1. The predicted molar refractivity (Wildman–Crippen MR) is 278 cm³/mol.